The van der Waals surface area contributed by atoms with E-state index in [1.54, 1.807) is 12.4 Å². The number of hydrogen-bond acceptors (Lipinski definition) is 6. The van der Waals surface area contributed by atoms with Crippen LogP contribution >= 0.6 is 0 Å². The molecule has 1 aliphatic carbocycles. The van der Waals surface area contributed by atoms with E-state index in [9.17, 15) is 4.79 Å². The van der Waals surface area contributed by atoms with Crippen molar-refractivity contribution in [1.29, 1.82) is 0 Å². The minimum absolute atomic E-state index is 0.0423. The fourth-order valence-corrected chi connectivity index (χ4v) is 3.30. The summed E-state index contributed by atoms with van der Waals surface area (Å²) < 4.78 is 11.2. The number of aromatic nitrogens is 3. The van der Waals surface area contributed by atoms with Gasteiger partial charge in [0.25, 0.3) is 5.89 Å². The zero-order chi connectivity index (χ0) is 17.1. The number of nitrogens with zero attached hydrogens (tertiary/aromatic N) is 4. The van der Waals surface area contributed by atoms with Crippen LogP contribution in [0, 0.1) is 5.92 Å². The van der Waals surface area contributed by atoms with Gasteiger partial charge >= 0.3 is 0 Å². The van der Waals surface area contributed by atoms with Crippen LogP contribution < -0.4 is 0 Å². The van der Waals surface area contributed by atoms with Gasteiger partial charge in [-0.05, 0) is 37.8 Å². The summed E-state index contributed by atoms with van der Waals surface area (Å²) in [5, 5.41) is 3.97. The van der Waals surface area contributed by atoms with Crippen LogP contribution in [0.4, 0.5) is 0 Å². The zero-order valence-electron chi connectivity index (χ0n) is 14.1. The molecule has 2 fully saturated rings. The summed E-state index contributed by atoms with van der Waals surface area (Å²) >= 11 is 0. The van der Waals surface area contributed by atoms with Crippen LogP contribution in [0.25, 0.3) is 11.5 Å². The van der Waals surface area contributed by atoms with Crippen LogP contribution in [0.3, 0.4) is 0 Å². The van der Waals surface area contributed by atoms with Crippen molar-refractivity contribution in [3.05, 3.63) is 30.4 Å². The number of amides is 1. The molecule has 1 unspecified atom stereocenters. The second kappa shape index (κ2) is 7.31. The lowest BCUT2D eigenvalue weighted by Gasteiger charge is -2.37. The first-order valence-corrected chi connectivity index (χ1v) is 8.93. The number of carbonyl (C=O) groups excluding carboxylic acids is 1. The molecule has 2 aromatic rings. The number of pyridine rings is 1. The van der Waals surface area contributed by atoms with Gasteiger partial charge in [-0.2, -0.15) is 4.98 Å². The topological polar surface area (TPSA) is 81.4 Å². The highest BCUT2D eigenvalue weighted by Crippen LogP contribution is 2.29. The molecule has 1 atom stereocenters. The zero-order valence-corrected chi connectivity index (χ0v) is 14.1. The number of likely N-dealkylation sites (tertiary alicyclic amines) is 1. The molecule has 0 bridgehead atoms. The highest BCUT2D eigenvalue weighted by atomic mass is 16.5. The molecule has 0 aromatic carbocycles. The van der Waals surface area contributed by atoms with Gasteiger partial charge in [0, 0.05) is 37.0 Å². The lowest BCUT2D eigenvalue weighted by Crippen LogP contribution is -2.46. The Hall–Kier alpha value is -2.28. The molecule has 25 heavy (non-hydrogen) atoms. The second-order valence-corrected chi connectivity index (χ2v) is 6.74. The van der Waals surface area contributed by atoms with E-state index in [4.69, 9.17) is 9.26 Å². The summed E-state index contributed by atoms with van der Waals surface area (Å²) in [5.41, 5.74) is 0.837. The summed E-state index contributed by atoms with van der Waals surface area (Å²) in [7, 11) is 0. The van der Waals surface area contributed by atoms with Crippen molar-refractivity contribution in [2.75, 3.05) is 13.1 Å². The van der Waals surface area contributed by atoms with Crippen molar-refractivity contribution in [3.8, 4) is 11.5 Å². The monoisotopic (exact) mass is 342 g/mol. The Morgan fingerprint density at radius 1 is 1.24 bits per heavy atom. The molecule has 132 valence electrons. The Labute approximate surface area is 146 Å². The molecule has 1 saturated carbocycles. The second-order valence-electron chi connectivity index (χ2n) is 6.74. The summed E-state index contributed by atoms with van der Waals surface area (Å²) in [6, 6.07) is 3.65. The third-order valence-electron chi connectivity index (χ3n) is 4.99. The fourth-order valence-electron chi connectivity index (χ4n) is 3.30. The van der Waals surface area contributed by atoms with Crippen molar-refractivity contribution in [1.82, 2.24) is 20.0 Å². The van der Waals surface area contributed by atoms with Crippen LogP contribution in [0.1, 0.15) is 37.9 Å². The molecule has 0 spiro atoms. The molecule has 2 aliphatic rings. The Morgan fingerprint density at radius 3 is 2.84 bits per heavy atom. The molecule has 0 N–H and O–H groups in total. The molecule has 1 aliphatic heterocycles. The van der Waals surface area contributed by atoms with Crippen LogP contribution in [0.15, 0.2) is 29.0 Å². The van der Waals surface area contributed by atoms with Crippen molar-refractivity contribution in [3.63, 3.8) is 0 Å². The average molecular weight is 342 g/mol. The number of ether oxygens (including phenoxy) is 1. The summed E-state index contributed by atoms with van der Waals surface area (Å²) in [4.78, 5) is 22.7. The molecule has 1 amide bonds. The normalized spacial score (nSPS) is 21.1. The van der Waals surface area contributed by atoms with E-state index in [1.807, 2.05) is 17.0 Å². The smallest absolute Gasteiger partial charge is 0.258 e. The van der Waals surface area contributed by atoms with Crippen LogP contribution in [0.5, 0.6) is 0 Å². The van der Waals surface area contributed by atoms with Gasteiger partial charge in [0.15, 0.2) is 5.82 Å². The van der Waals surface area contributed by atoms with E-state index in [0.717, 1.165) is 37.8 Å². The molecule has 7 nitrogen and oxygen atoms in total. The van der Waals surface area contributed by atoms with Crippen molar-refractivity contribution in [2.24, 2.45) is 5.92 Å². The Kier molecular flexibility index (Phi) is 4.74. The molecular weight excluding hydrogens is 320 g/mol. The summed E-state index contributed by atoms with van der Waals surface area (Å²) in [5.74, 6) is 1.54. The maximum Gasteiger partial charge on any atom is 0.258 e. The Balaban J connectivity index is 1.30. The maximum absolute atomic E-state index is 12.4. The van der Waals surface area contributed by atoms with Gasteiger partial charge in [0.05, 0.1) is 6.10 Å². The predicted octanol–water partition coefficient (Wildman–Crippen LogP) is 2.44. The van der Waals surface area contributed by atoms with Crippen LogP contribution in [-0.4, -0.2) is 45.1 Å². The average Bonchev–Trinajstić information content (AvgIpc) is 3.08. The number of rotatable bonds is 5. The lowest BCUT2D eigenvalue weighted by molar-refractivity contribution is -0.142. The third-order valence-corrected chi connectivity index (χ3v) is 4.99. The summed E-state index contributed by atoms with van der Waals surface area (Å²) in [6.07, 6.45) is 8.63. The van der Waals surface area contributed by atoms with E-state index in [1.165, 1.54) is 6.42 Å². The standard InChI is InChI=1S/C18H22N4O3/c23-18(14-3-1-4-14)22-10-2-5-15(11-22)24-12-16-20-17(25-21-16)13-6-8-19-9-7-13/h6-9,14-15H,1-5,10-12H2. The molecule has 1 saturated heterocycles. The first kappa shape index (κ1) is 16.2. The molecular formula is C18H22N4O3. The van der Waals surface area contributed by atoms with Gasteiger partial charge in [-0.15, -0.1) is 0 Å². The van der Waals surface area contributed by atoms with Crippen molar-refractivity contribution < 1.29 is 14.1 Å². The molecule has 4 rings (SSSR count). The maximum atomic E-state index is 12.4. The van der Waals surface area contributed by atoms with E-state index in [2.05, 4.69) is 15.1 Å². The highest BCUT2D eigenvalue weighted by Gasteiger charge is 2.32. The summed E-state index contributed by atoms with van der Waals surface area (Å²) in [6.45, 7) is 1.82. The lowest BCUT2D eigenvalue weighted by atomic mass is 9.84. The van der Waals surface area contributed by atoms with E-state index >= 15 is 0 Å². The number of hydrogen-bond donors (Lipinski definition) is 0. The van der Waals surface area contributed by atoms with Gasteiger partial charge in [-0.1, -0.05) is 11.6 Å². The fraction of sp³-hybridized carbons (Fsp3) is 0.556. The van der Waals surface area contributed by atoms with E-state index in [0.29, 0.717) is 30.8 Å². The Bertz CT molecular complexity index is 714. The first-order chi connectivity index (χ1) is 12.3. The minimum Gasteiger partial charge on any atom is -0.368 e. The van der Waals surface area contributed by atoms with Gasteiger partial charge in [0.2, 0.25) is 5.91 Å². The van der Waals surface area contributed by atoms with Crippen molar-refractivity contribution in [2.45, 2.75) is 44.8 Å². The predicted molar refractivity (Wildman–Crippen MR) is 89.3 cm³/mol. The molecule has 7 heteroatoms. The van der Waals surface area contributed by atoms with Gasteiger partial charge < -0.3 is 14.2 Å². The van der Waals surface area contributed by atoms with E-state index < -0.39 is 0 Å². The number of carbonyl (C=O) groups is 1. The quantitative estimate of drug-likeness (QED) is 0.830. The van der Waals surface area contributed by atoms with E-state index in [-0.39, 0.29) is 12.0 Å². The number of piperidine rings is 1. The SMILES string of the molecule is O=C(C1CCC1)N1CCCC(OCc2noc(-c3ccncc3)n2)C1. The third kappa shape index (κ3) is 3.71. The van der Waals surface area contributed by atoms with Gasteiger partial charge in [0.1, 0.15) is 6.61 Å². The van der Waals surface area contributed by atoms with Crippen LogP contribution in [0.2, 0.25) is 0 Å². The molecule has 3 heterocycles. The Morgan fingerprint density at radius 2 is 2.08 bits per heavy atom. The van der Waals surface area contributed by atoms with Gasteiger partial charge in [-0.3, -0.25) is 9.78 Å². The first-order valence-electron chi connectivity index (χ1n) is 8.93. The largest absolute Gasteiger partial charge is 0.368 e. The molecule has 0 radical (unpaired) electrons. The van der Waals surface area contributed by atoms with Gasteiger partial charge in [-0.25, -0.2) is 0 Å². The van der Waals surface area contributed by atoms with Crippen molar-refractivity contribution >= 4 is 5.91 Å². The minimum atomic E-state index is 0.0423. The highest BCUT2D eigenvalue weighted by molar-refractivity contribution is 5.79. The molecule has 2 aromatic heterocycles. The van der Waals surface area contributed by atoms with Crippen LogP contribution in [-0.2, 0) is 16.1 Å².